The molecule has 2 saturated heterocycles. The zero-order chi connectivity index (χ0) is 17.6. The first-order valence-corrected chi connectivity index (χ1v) is 10.8. The second-order valence-electron chi connectivity index (χ2n) is 6.49. The average Bonchev–Trinajstić information content (AvgIpc) is 2.92. The highest BCUT2D eigenvalue weighted by Crippen LogP contribution is 2.42. The summed E-state index contributed by atoms with van der Waals surface area (Å²) in [7, 11) is -3.07. The van der Waals surface area contributed by atoms with Crippen molar-refractivity contribution in [3.63, 3.8) is 0 Å². The molecule has 2 aliphatic heterocycles. The quantitative estimate of drug-likeness (QED) is 0.781. The van der Waals surface area contributed by atoms with Crippen LogP contribution in [0.5, 0.6) is 0 Å². The zero-order valence-electron chi connectivity index (χ0n) is 13.7. The number of sulfone groups is 1. The topological polar surface area (TPSA) is 66.8 Å². The summed E-state index contributed by atoms with van der Waals surface area (Å²) in [6.45, 7) is 5.54. The number of carbonyl (C=O) groups is 1. The minimum Gasteiger partial charge on any atom is -0.315 e. The van der Waals surface area contributed by atoms with Crippen molar-refractivity contribution in [3.8, 4) is 0 Å². The number of nitrogens with zero attached hydrogens (tertiary/aromatic N) is 2. The predicted molar refractivity (Wildman–Crippen MR) is 99.8 cm³/mol. The number of carbonyl (C=O) groups excluding carboxylic acids is 1. The van der Waals surface area contributed by atoms with Gasteiger partial charge in [0.05, 0.1) is 17.5 Å². The molecular weight excluding hydrogens is 368 g/mol. The molecule has 0 radical (unpaired) electrons. The minimum atomic E-state index is -3.07. The van der Waals surface area contributed by atoms with Gasteiger partial charge in [-0.3, -0.25) is 4.79 Å². The fraction of sp³-hybridized carbons (Fsp3) is 0.500. The lowest BCUT2D eigenvalue weighted by Gasteiger charge is -2.26. The molecule has 1 amide bonds. The Kier molecular flexibility index (Phi) is 4.70. The molecule has 2 atom stereocenters. The highest BCUT2D eigenvalue weighted by atomic mass is 35.5. The number of hydrogen-bond donors (Lipinski definition) is 0. The highest BCUT2D eigenvalue weighted by molar-refractivity contribution is 8.16. The Morgan fingerprint density at radius 1 is 1.38 bits per heavy atom. The van der Waals surface area contributed by atoms with E-state index in [1.807, 2.05) is 17.9 Å². The number of aryl methyl sites for hydroxylation is 1. The van der Waals surface area contributed by atoms with Crippen LogP contribution in [0.2, 0.25) is 5.02 Å². The smallest absolute Gasteiger partial charge is 0.250 e. The number of rotatable bonds is 2. The summed E-state index contributed by atoms with van der Waals surface area (Å²) in [5.41, 5.74) is 1.78. The maximum atomic E-state index is 12.1. The maximum absolute atomic E-state index is 12.1. The van der Waals surface area contributed by atoms with Crippen LogP contribution < -0.4 is 4.90 Å². The van der Waals surface area contributed by atoms with Crippen LogP contribution in [0.1, 0.15) is 19.4 Å². The van der Waals surface area contributed by atoms with Gasteiger partial charge in [-0.05, 0) is 24.6 Å². The lowest BCUT2D eigenvalue weighted by Crippen LogP contribution is -2.38. The summed E-state index contributed by atoms with van der Waals surface area (Å²) in [5, 5.41) is 1.04. The van der Waals surface area contributed by atoms with E-state index in [2.05, 4.69) is 4.99 Å². The second-order valence-corrected chi connectivity index (χ2v) is 10.3. The predicted octanol–water partition coefficient (Wildman–Crippen LogP) is 2.91. The molecular formula is C16H19ClN2O3S2. The van der Waals surface area contributed by atoms with Gasteiger partial charge < -0.3 is 4.90 Å². The largest absolute Gasteiger partial charge is 0.315 e. The fourth-order valence-electron chi connectivity index (χ4n) is 2.91. The van der Waals surface area contributed by atoms with E-state index in [0.29, 0.717) is 10.2 Å². The van der Waals surface area contributed by atoms with Crippen molar-refractivity contribution in [3.05, 3.63) is 28.8 Å². The summed E-state index contributed by atoms with van der Waals surface area (Å²) >= 11 is 7.52. The number of halogens is 1. The molecule has 0 aromatic heterocycles. The van der Waals surface area contributed by atoms with Crippen LogP contribution in [0.3, 0.4) is 0 Å². The molecule has 2 heterocycles. The van der Waals surface area contributed by atoms with E-state index in [-0.39, 0.29) is 34.6 Å². The Morgan fingerprint density at radius 2 is 2.08 bits per heavy atom. The van der Waals surface area contributed by atoms with Crippen molar-refractivity contribution in [2.24, 2.45) is 10.9 Å². The van der Waals surface area contributed by atoms with Gasteiger partial charge >= 0.3 is 0 Å². The molecule has 130 valence electrons. The minimum absolute atomic E-state index is 0.0749. The molecule has 0 spiro atoms. The van der Waals surface area contributed by atoms with Crippen molar-refractivity contribution in [2.75, 3.05) is 16.4 Å². The molecule has 1 aromatic rings. The molecule has 5 nitrogen and oxygen atoms in total. The first-order valence-electron chi connectivity index (χ1n) is 7.73. The number of anilines is 1. The number of benzene rings is 1. The van der Waals surface area contributed by atoms with Gasteiger partial charge in [-0.1, -0.05) is 43.3 Å². The van der Waals surface area contributed by atoms with E-state index in [4.69, 9.17) is 11.6 Å². The van der Waals surface area contributed by atoms with Gasteiger partial charge in [0.25, 0.3) is 5.91 Å². The fourth-order valence-corrected chi connectivity index (χ4v) is 6.99. The van der Waals surface area contributed by atoms with Crippen molar-refractivity contribution in [2.45, 2.75) is 32.1 Å². The van der Waals surface area contributed by atoms with Crippen LogP contribution in [0.25, 0.3) is 0 Å². The SMILES string of the molecule is Cc1ccc(Cl)cc1N1C(=NC(=O)C(C)C)SC2CS(=O)(=O)CC21. The number of amides is 1. The van der Waals surface area contributed by atoms with E-state index in [9.17, 15) is 13.2 Å². The van der Waals surface area contributed by atoms with Crippen LogP contribution in [0, 0.1) is 12.8 Å². The van der Waals surface area contributed by atoms with E-state index in [1.54, 1.807) is 26.0 Å². The van der Waals surface area contributed by atoms with Gasteiger partial charge in [-0.25, -0.2) is 8.42 Å². The number of amidine groups is 1. The molecule has 0 aliphatic carbocycles. The molecule has 1 aromatic carbocycles. The van der Waals surface area contributed by atoms with E-state index >= 15 is 0 Å². The average molecular weight is 387 g/mol. The van der Waals surface area contributed by atoms with Crippen LogP contribution in [0.4, 0.5) is 5.69 Å². The van der Waals surface area contributed by atoms with Crippen molar-refractivity contribution in [1.29, 1.82) is 0 Å². The van der Waals surface area contributed by atoms with E-state index in [1.165, 1.54) is 11.8 Å². The standard InChI is InChI=1S/C16H19ClN2O3S2/c1-9(2)15(20)18-16-19(12-6-11(17)5-4-10(12)3)13-7-24(21,22)8-14(13)23-16/h4-6,9,13-14H,7-8H2,1-3H3. The number of aliphatic imine (C=N–C) groups is 1. The Bertz CT molecular complexity index is 821. The van der Waals surface area contributed by atoms with E-state index in [0.717, 1.165) is 11.3 Å². The third-order valence-corrected chi connectivity index (χ3v) is 7.64. The third-order valence-electron chi connectivity index (χ3n) is 4.20. The van der Waals surface area contributed by atoms with Crippen LogP contribution in [0.15, 0.2) is 23.2 Å². The monoisotopic (exact) mass is 386 g/mol. The number of thioether (sulfide) groups is 1. The summed E-state index contributed by atoms with van der Waals surface area (Å²) in [6.07, 6.45) is 0. The second kappa shape index (κ2) is 6.35. The van der Waals surface area contributed by atoms with Gasteiger partial charge in [-0.2, -0.15) is 4.99 Å². The van der Waals surface area contributed by atoms with E-state index < -0.39 is 9.84 Å². The molecule has 0 N–H and O–H groups in total. The molecule has 2 aliphatic rings. The Labute approximate surface area is 151 Å². The van der Waals surface area contributed by atoms with Crippen molar-refractivity contribution in [1.82, 2.24) is 0 Å². The first kappa shape index (κ1) is 17.8. The maximum Gasteiger partial charge on any atom is 0.250 e. The van der Waals surface area contributed by atoms with Crippen LogP contribution in [-0.4, -0.2) is 42.3 Å². The summed E-state index contributed by atoms with van der Waals surface area (Å²) in [4.78, 5) is 18.3. The normalized spacial score (nSPS) is 27.0. The Morgan fingerprint density at radius 3 is 2.75 bits per heavy atom. The lowest BCUT2D eigenvalue weighted by atomic mass is 10.1. The Hall–Kier alpha value is -1.05. The summed E-state index contributed by atoms with van der Waals surface area (Å²) in [5.74, 6) is -0.214. The summed E-state index contributed by atoms with van der Waals surface area (Å²) < 4.78 is 24.1. The molecule has 0 saturated carbocycles. The number of fused-ring (bicyclic) bond motifs is 1. The van der Waals surface area contributed by atoms with Gasteiger partial charge in [0.15, 0.2) is 15.0 Å². The molecule has 3 rings (SSSR count). The van der Waals surface area contributed by atoms with Crippen LogP contribution in [-0.2, 0) is 14.6 Å². The Balaban J connectivity index is 2.08. The number of hydrogen-bond acceptors (Lipinski definition) is 4. The van der Waals surface area contributed by atoms with Gasteiger partial charge in [0.2, 0.25) is 0 Å². The third kappa shape index (κ3) is 3.34. The van der Waals surface area contributed by atoms with Gasteiger partial charge in [0, 0.05) is 21.9 Å². The first-order chi connectivity index (χ1) is 11.2. The molecule has 24 heavy (non-hydrogen) atoms. The van der Waals surface area contributed by atoms with Crippen molar-refractivity contribution < 1.29 is 13.2 Å². The lowest BCUT2D eigenvalue weighted by molar-refractivity contribution is -0.120. The molecule has 2 fully saturated rings. The summed E-state index contributed by atoms with van der Waals surface area (Å²) in [6, 6.07) is 5.28. The van der Waals surface area contributed by atoms with Crippen LogP contribution >= 0.6 is 23.4 Å². The van der Waals surface area contributed by atoms with Crippen molar-refractivity contribution >= 4 is 50.0 Å². The highest BCUT2D eigenvalue weighted by Gasteiger charge is 2.49. The molecule has 8 heteroatoms. The zero-order valence-corrected chi connectivity index (χ0v) is 16.1. The molecule has 2 unspecified atom stereocenters. The van der Waals surface area contributed by atoms with Gasteiger partial charge in [0.1, 0.15) is 0 Å². The van der Waals surface area contributed by atoms with Gasteiger partial charge in [-0.15, -0.1) is 0 Å². The molecule has 0 bridgehead atoms.